The van der Waals surface area contributed by atoms with Gasteiger partial charge < -0.3 is 9.73 Å². The van der Waals surface area contributed by atoms with Gasteiger partial charge in [-0.25, -0.2) is 4.39 Å². The lowest BCUT2D eigenvalue weighted by Gasteiger charge is -2.29. The average molecular weight is 344 g/mol. The third-order valence-electron chi connectivity index (χ3n) is 4.80. The highest BCUT2D eigenvalue weighted by Gasteiger charge is 2.31. The van der Waals surface area contributed by atoms with E-state index in [9.17, 15) is 9.18 Å². The molecule has 7 heteroatoms. The lowest BCUT2D eigenvalue weighted by atomic mass is 9.97. The number of anilines is 1. The summed E-state index contributed by atoms with van der Waals surface area (Å²) in [5.41, 5.74) is 0.485. The molecule has 0 bridgehead atoms. The molecule has 1 saturated carbocycles. The highest BCUT2D eigenvalue weighted by molar-refractivity contribution is 5.92. The van der Waals surface area contributed by atoms with Crippen LogP contribution in [-0.2, 0) is 4.79 Å². The number of likely N-dealkylation sites (tertiary alicyclic amines) is 1. The van der Waals surface area contributed by atoms with Gasteiger partial charge in [-0.3, -0.25) is 9.69 Å². The molecule has 25 heavy (non-hydrogen) atoms. The smallest absolute Gasteiger partial charge is 0.238 e. The van der Waals surface area contributed by atoms with Crippen LogP contribution in [0.2, 0.25) is 0 Å². The van der Waals surface area contributed by atoms with E-state index in [1.807, 2.05) is 0 Å². The highest BCUT2D eigenvalue weighted by atomic mass is 19.1. The molecular weight excluding hydrogens is 323 g/mol. The Morgan fingerprint density at radius 1 is 1.16 bits per heavy atom. The van der Waals surface area contributed by atoms with Crippen molar-refractivity contribution in [1.29, 1.82) is 0 Å². The summed E-state index contributed by atoms with van der Waals surface area (Å²) >= 11 is 0. The van der Waals surface area contributed by atoms with Gasteiger partial charge >= 0.3 is 0 Å². The van der Waals surface area contributed by atoms with E-state index in [1.165, 1.54) is 12.1 Å². The lowest BCUT2D eigenvalue weighted by Crippen LogP contribution is -2.38. The van der Waals surface area contributed by atoms with Crippen LogP contribution in [0.5, 0.6) is 0 Å². The van der Waals surface area contributed by atoms with Gasteiger partial charge in [-0.2, -0.15) is 0 Å². The molecule has 6 nitrogen and oxygen atoms in total. The molecule has 1 aliphatic heterocycles. The van der Waals surface area contributed by atoms with Crippen molar-refractivity contribution in [3.05, 3.63) is 41.9 Å². The summed E-state index contributed by atoms with van der Waals surface area (Å²) in [4.78, 5) is 14.2. The Balaban J connectivity index is 1.26. The number of piperidine rings is 1. The number of carbonyl (C=O) groups is 1. The molecule has 2 aromatic rings. The number of rotatable bonds is 5. The zero-order valence-electron chi connectivity index (χ0n) is 13.9. The van der Waals surface area contributed by atoms with Crippen molar-refractivity contribution in [2.24, 2.45) is 0 Å². The van der Waals surface area contributed by atoms with E-state index in [1.54, 1.807) is 12.1 Å². The number of hydrogen-bond acceptors (Lipinski definition) is 5. The summed E-state index contributed by atoms with van der Waals surface area (Å²) in [7, 11) is 0. The van der Waals surface area contributed by atoms with Crippen LogP contribution >= 0.6 is 0 Å². The van der Waals surface area contributed by atoms with E-state index in [0.29, 0.717) is 18.2 Å². The van der Waals surface area contributed by atoms with Crippen LogP contribution in [0.4, 0.5) is 10.1 Å². The standard InChI is InChI=1S/C18H21FN4O2/c19-14-2-1-3-15(10-14)20-16(24)11-23-8-6-13(7-9-23)18-22-21-17(25-18)12-4-5-12/h1-3,10,12-13H,4-9,11H2,(H,20,24). The minimum Gasteiger partial charge on any atom is -0.425 e. The van der Waals surface area contributed by atoms with Crippen molar-refractivity contribution in [3.63, 3.8) is 0 Å². The van der Waals surface area contributed by atoms with Crippen LogP contribution < -0.4 is 5.32 Å². The monoisotopic (exact) mass is 344 g/mol. The van der Waals surface area contributed by atoms with Gasteiger partial charge in [-0.1, -0.05) is 6.07 Å². The topological polar surface area (TPSA) is 71.3 Å². The van der Waals surface area contributed by atoms with Crippen molar-refractivity contribution < 1.29 is 13.6 Å². The maximum absolute atomic E-state index is 13.2. The molecule has 0 spiro atoms. The molecule has 1 aromatic carbocycles. The van der Waals surface area contributed by atoms with E-state index < -0.39 is 0 Å². The summed E-state index contributed by atoms with van der Waals surface area (Å²) in [6.07, 6.45) is 4.11. The molecule has 0 radical (unpaired) electrons. The Morgan fingerprint density at radius 2 is 1.84 bits per heavy atom. The molecule has 0 atom stereocenters. The van der Waals surface area contributed by atoms with Gasteiger partial charge in [0, 0.05) is 17.5 Å². The van der Waals surface area contributed by atoms with E-state index in [2.05, 4.69) is 20.4 Å². The number of benzene rings is 1. The van der Waals surface area contributed by atoms with Crippen LogP contribution in [0.25, 0.3) is 0 Å². The van der Waals surface area contributed by atoms with Crippen LogP contribution in [0.3, 0.4) is 0 Å². The Morgan fingerprint density at radius 3 is 2.48 bits per heavy atom. The molecule has 1 amide bonds. The fourth-order valence-electron chi connectivity index (χ4n) is 3.21. The maximum atomic E-state index is 13.2. The van der Waals surface area contributed by atoms with Gasteiger partial charge in [-0.15, -0.1) is 10.2 Å². The van der Waals surface area contributed by atoms with E-state index in [0.717, 1.165) is 50.6 Å². The van der Waals surface area contributed by atoms with Gasteiger partial charge in [-0.05, 0) is 57.0 Å². The number of nitrogens with zero attached hydrogens (tertiary/aromatic N) is 3. The van der Waals surface area contributed by atoms with E-state index in [4.69, 9.17) is 4.42 Å². The van der Waals surface area contributed by atoms with Gasteiger partial charge in [0.25, 0.3) is 0 Å². The first-order valence-electron chi connectivity index (χ1n) is 8.78. The van der Waals surface area contributed by atoms with Crippen molar-refractivity contribution in [1.82, 2.24) is 15.1 Å². The summed E-state index contributed by atoms with van der Waals surface area (Å²) in [6, 6.07) is 5.93. The fraction of sp³-hybridized carbons (Fsp3) is 0.500. The molecule has 1 saturated heterocycles. The second kappa shape index (κ2) is 6.92. The number of amides is 1. The number of nitrogens with one attached hydrogen (secondary N) is 1. The first-order valence-corrected chi connectivity index (χ1v) is 8.78. The Bertz CT molecular complexity index is 751. The molecular formula is C18H21FN4O2. The normalized spacial score (nSPS) is 19.1. The molecule has 0 unspecified atom stereocenters. The molecule has 2 heterocycles. The van der Waals surface area contributed by atoms with Gasteiger partial charge in [0.1, 0.15) is 5.82 Å². The second-order valence-electron chi connectivity index (χ2n) is 6.86. The predicted molar refractivity (Wildman–Crippen MR) is 89.7 cm³/mol. The number of carbonyl (C=O) groups excluding carboxylic acids is 1. The van der Waals surface area contributed by atoms with Crippen molar-refractivity contribution >= 4 is 11.6 Å². The Labute approximate surface area is 145 Å². The van der Waals surface area contributed by atoms with Gasteiger partial charge in [0.05, 0.1) is 6.54 Å². The summed E-state index contributed by atoms with van der Waals surface area (Å²) < 4.78 is 19.0. The van der Waals surface area contributed by atoms with Crippen LogP contribution in [0.1, 0.15) is 49.3 Å². The quantitative estimate of drug-likeness (QED) is 0.903. The SMILES string of the molecule is O=C(CN1CCC(c2nnc(C3CC3)o2)CC1)Nc1cccc(F)c1. The van der Waals surface area contributed by atoms with Crippen molar-refractivity contribution in [3.8, 4) is 0 Å². The number of aromatic nitrogens is 2. The zero-order chi connectivity index (χ0) is 17.2. The molecule has 2 aliphatic rings. The number of hydrogen-bond donors (Lipinski definition) is 1. The number of halogens is 1. The van der Waals surface area contributed by atoms with Crippen LogP contribution in [0.15, 0.2) is 28.7 Å². The molecule has 2 fully saturated rings. The largest absolute Gasteiger partial charge is 0.425 e. The lowest BCUT2D eigenvalue weighted by molar-refractivity contribution is -0.117. The molecule has 1 aromatic heterocycles. The average Bonchev–Trinajstić information content (AvgIpc) is 3.33. The minimum atomic E-state index is -0.358. The third kappa shape index (κ3) is 4.04. The first-order chi connectivity index (χ1) is 12.2. The summed E-state index contributed by atoms with van der Waals surface area (Å²) in [6.45, 7) is 1.92. The summed E-state index contributed by atoms with van der Waals surface area (Å²) in [5.74, 6) is 1.80. The summed E-state index contributed by atoms with van der Waals surface area (Å²) in [5, 5.41) is 11.1. The van der Waals surface area contributed by atoms with Crippen LogP contribution in [0, 0.1) is 5.82 Å². The van der Waals surface area contributed by atoms with E-state index in [-0.39, 0.29) is 17.6 Å². The zero-order valence-corrected chi connectivity index (χ0v) is 13.9. The fourth-order valence-corrected chi connectivity index (χ4v) is 3.21. The molecule has 1 N–H and O–H groups in total. The molecule has 132 valence electrons. The second-order valence-corrected chi connectivity index (χ2v) is 6.86. The maximum Gasteiger partial charge on any atom is 0.238 e. The molecule has 4 rings (SSSR count). The third-order valence-corrected chi connectivity index (χ3v) is 4.80. The van der Waals surface area contributed by atoms with Gasteiger partial charge in [0.15, 0.2) is 0 Å². The minimum absolute atomic E-state index is 0.127. The van der Waals surface area contributed by atoms with Gasteiger partial charge in [0.2, 0.25) is 17.7 Å². The van der Waals surface area contributed by atoms with Crippen LogP contribution in [-0.4, -0.2) is 40.6 Å². The Hall–Kier alpha value is -2.28. The predicted octanol–water partition coefficient (Wildman–Crippen LogP) is 2.90. The van der Waals surface area contributed by atoms with Crippen molar-refractivity contribution in [2.75, 3.05) is 25.0 Å². The molecule has 1 aliphatic carbocycles. The first kappa shape index (κ1) is 16.2. The van der Waals surface area contributed by atoms with Crippen molar-refractivity contribution in [2.45, 2.75) is 37.5 Å². The van der Waals surface area contributed by atoms with E-state index >= 15 is 0 Å². The Kier molecular flexibility index (Phi) is 4.48. The highest BCUT2D eigenvalue weighted by Crippen LogP contribution is 2.40.